The van der Waals surface area contributed by atoms with Crippen LogP contribution in [0.15, 0.2) is 54.7 Å². The first-order valence-corrected chi connectivity index (χ1v) is 9.31. The molecule has 0 unspecified atom stereocenters. The summed E-state index contributed by atoms with van der Waals surface area (Å²) < 4.78 is 4.82. The smallest absolute Gasteiger partial charge is 0.328 e. The van der Waals surface area contributed by atoms with Crippen LogP contribution in [-0.4, -0.2) is 42.5 Å². The van der Waals surface area contributed by atoms with Crippen LogP contribution in [0.3, 0.4) is 0 Å². The van der Waals surface area contributed by atoms with Crippen LogP contribution in [0.2, 0.25) is 5.02 Å². The summed E-state index contributed by atoms with van der Waals surface area (Å²) >= 11 is 5.87. The molecule has 0 spiro atoms. The summed E-state index contributed by atoms with van der Waals surface area (Å²) in [5.74, 6) is -1.51. The van der Waals surface area contributed by atoms with E-state index in [-0.39, 0.29) is 13.0 Å². The number of fused-ring (bicyclic) bond motifs is 1. The number of hydrogen-bond acceptors (Lipinski definition) is 4. The number of methoxy groups -OCH3 is 1. The average Bonchev–Trinajstić information content (AvgIpc) is 3.14. The number of benzene rings is 2. The molecular weight excluding hydrogens is 394 g/mol. The fraction of sp³-hybridized carbons (Fsp3) is 0.190. The summed E-state index contributed by atoms with van der Waals surface area (Å²) in [6, 6.07) is 13.2. The normalized spacial score (nSPS) is 11.7. The molecule has 150 valence electrons. The number of nitrogens with one attached hydrogen (secondary N) is 3. The van der Waals surface area contributed by atoms with Gasteiger partial charge in [-0.05, 0) is 29.8 Å². The molecule has 0 bridgehead atoms. The molecule has 0 saturated carbocycles. The molecule has 3 N–H and O–H groups in total. The lowest BCUT2D eigenvalue weighted by Crippen LogP contribution is -2.47. The van der Waals surface area contributed by atoms with Crippen molar-refractivity contribution >= 4 is 40.3 Å². The zero-order valence-electron chi connectivity index (χ0n) is 15.7. The predicted molar refractivity (Wildman–Crippen MR) is 110 cm³/mol. The predicted octanol–water partition coefficient (Wildman–Crippen LogP) is 2.45. The van der Waals surface area contributed by atoms with Crippen LogP contribution in [0.5, 0.6) is 0 Å². The molecule has 0 fully saturated rings. The van der Waals surface area contributed by atoms with Gasteiger partial charge in [-0.1, -0.05) is 35.9 Å². The highest BCUT2D eigenvalue weighted by atomic mass is 35.5. The third-order valence-electron chi connectivity index (χ3n) is 4.42. The number of halogens is 1. The zero-order chi connectivity index (χ0) is 20.8. The van der Waals surface area contributed by atoms with Gasteiger partial charge in [0.25, 0.3) is 5.91 Å². The van der Waals surface area contributed by atoms with Gasteiger partial charge in [-0.15, -0.1) is 0 Å². The van der Waals surface area contributed by atoms with E-state index in [2.05, 4.69) is 15.6 Å². The van der Waals surface area contributed by atoms with Crippen LogP contribution < -0.4 is 10.6 Å². The van der Waals surface area contributed by atoms with E-state index in [4.69, 9.17) is 16.3 Å². The Morgan fingerprint density at radius 1 is 1.14 bits per heavy atom. The van der Waals surface area contributed by atoms with E-state index in [1.807, 2.05) is 24.3 Å². The van der Waals surface area contributed by atoms with Gasteiger partial charge in [-0.2, -0.15) is 0 Å². The van der Waals surface area contributed by atoms with E-state index in [0.29, 0.717) is 10.6 Å². The van der Waals surface area contributed by atoms with Crippen molar-refractivity contribution in [2.75, 3.05) is 13.7 Å². The highest BCUT2D eigenvalue weighted by Gasteiger charge is 2.23. The van der Waals surface area contributed by atoms with E-state index in [0.717, 1.165) is 16.5 Å². The average molecular weight is 414 g/mol. The minimum Gasteiger partial charge on any atom is -0.467 e. The Hall–Kier alpha value is -3.32. The van der Waals surface area contributed by atoms with E-state index in [1.165, 1.54) is 13.2 Å². The van der Waals surface area contributed by atoms with Crippen LogP contribution in [0, 0.1) is 0 Å². The van der Waals surface area contributed by atoms with Gasteiger partial charge >= 0.3 is 5.97 Å². The minimum absolute atomic E-state index is 0.255. The molecule has 1 heterocycles. The Morgan fingerprint density at radius 3 is 2.69 bits per heavy atom. The van der Waals surface area contributed by atoms with Crippen molar-refractivity contribution in [2.24, 2.45) is 0 Å². The number of carbonyl (C=O) groups excluding carboxylic acids is 3. The SMILES string of the molecule is COC(=O)[C@@H](Cc1c[nH]c2ccccc12)NC(=O)CNC(=O)c1cccc(Cl)c1. The molecule has 0 aliphatic carbocycles. The molecule has 3 rings (SSSR count). The fourth-order valence-electron chi connectivity index (χ4n) is 2.99. The number of amides is 2. The first-order chi connectivity index (χ1) is 14.0. The number of esters is 1. The second kappa shape index (κ2) is 9.25. The molecule has 1 aromatic heterocycles. The minimum atomic E-state index is -0.880. The van der Waals surface area contributed by atoms with Crippen LogP contribution in [-0.2, 0) is 20.7 Å². The molecule has 0 radical (unpaired) electrons. The number of hydrogen-bond donors (Lipinski definition) is 3. The molecule has 2 amide bonds. The van der Waals surface area contributed by atoms with Crippen molar-refractivity contribution in [1.29, 1.82) is 0 Å². The van der Waals surface area contributed by atoms with Gasteiger partial charge in [-0.3, -0.25) is 9.59 Å². The molecule has 0 aliphatic rings. The summed E-state index contributed by atoms with van der Waals surface area (Å²) in [7, 11) is 1.26. The number of ether oxygens (including phenoxy) is 1. The van der Waals surface area contributed by atoms with Gasteiger partial charge < -0.3 is 20.4 Å². The van der Waals surface area contributed by atoms with E-state index >= 15 is 0 Å². The van der Waals surface area contributed by atoms with Crippen molar-refractivity contribution in [1.82, 2.24) is 15.6 Å². The van der Waals surface area contributed by atoms with Gasteiger partial charge in [0.15, 0.2) is 0 Å². The van der Waals surface area contributed by atoms with E-state index in [9.17, 15) is 14.4 Å². The molecule has 7 nitrogen and oxygen atoms in total. The molecule has 8 heteroatoms. The topological polar surface area (TPSA) is 100 Å². The van der Waals surface area contributed by atoms with Crippen molar-refractivity contribution in [2.45, 2.75) is 12.5 Å². The summed E-state index contributed by atoms with van der Waals surface area (Å²) in [6.45, 7) is -0.285. The molecular formula is C21H20ClN3O4. The second-order valence-corrected chi connectivity index (χ2v) is 6.84. The van der Waals surface area contributed by atoms with Crippen LogP contribution in [0.1, 0.15) is 15.9 Å². The van der Waals surface area contributed by atoms with Crippen LogP contribution in [0.4, 0.5) is 0 Å². The molecule has 1 atom stereocenters. The summed E-state index contributed by atoms with van der Waals surface area (Å²) in [5, 5.41) is 6.52. The Balaban J connectivity index is 1.63. The summed E-state index contributed by atoms with van der Waals surface area (Å²) in [4.78, 5) is 39.7. The Bertz CT molecular complexity index is 1050. The van der Waals surface area contributed by atoms with Gasteiger partial charge in [0.2, 0.25) is 5.91 Å². The molecule has 0 saturated heterocycles. The molecule has 2 aromatic carbocycles. The number of rotatable bonds is 7. The Morgan fingerprint density at radius 2 is 1.93 bits per heavy atom. The molecule has 3 aromatic rings. The van der Waals surface area contributed by atoms with Gasteiger partial charge in [0.05, 0.1) is 13.7 Å². The second-order valence-electron chi connectivity index (χ2n) is 6.40. The lowest BCUT2D eigenvalue weighted by atomic mass is 10.0. The number of para-hydroxylation sites is 1. The third-order valence-corrected chi connectivity index (χ3v) is 4.65. The standard InChI is InChI=1S/C21H20ClN3O4/c1-29-21(28)18(10-14-11-23-17-8-3-2-7-16(14)17)25-19(26)12-24-20(27)13-5-4-6-15(22)9-13/h2-9,11,18,23H,10,12H2,1H3,(H,24,27)(H,25,26)/t18-/m1/s1. The quantitative estimate of drug-likeness (QED) is 0.518. The van der Waals surface area contributed by atoms with E-state index in [1.54, 1.807) is 24.4 Å². The van der Waals surface area contributed by atoms with Gasteiger partial charge in [0.1, 0.15) is 6.04 Å². The highest BCUT2D eigenvalue weighted by molar-refractivity contribution is 6.31. The number of carbonyl (C=O) groups is 3. The van der Waals surface area contributed by atoms with Crippen molar-refractivity contribution in [3.05, 3.63) is 70.9 Å². The van der Waals surface area contributed by atoms with Gasteiger partial charge in [0, 0.05) is 34.1 Å². The van der Waals surface area contributed by atoms with Gasteiger partial charge in [-0.25, -0.2) is 4.79 Å². The van der Waals surface area contributed by atoms with Crippen molar-refractivity contribution in [3.8, 4) is 0 Å². The lowest BCUT2D eigenvalue weighted by molar-refractivity contribution is -0.144. The number of H-pyrrole nitrogens is 1. The Kier molecular flexibility index (Phi) is 6.51. The maximum absolute atomic E-state index is 12.3. The summed E-state index contributed by atoms with van der Waals surface area (Å²) in [6.07, 6.45) is 2.05. The van der Waals surface area contributed by atoms with Crippen molar-refractivity contribution < 1.29 is 19.1 Å². The molecule has 0 aliphatic heterocycles. The number of aromatic amines is 1. The monoisotopic (exact) mass is 413 g/mol. The van der Waals surface area contributed by atoms with Crippen molar-refractivity contribution in [3.63, 3.8) is 0 Å². The van der Waals surface area contributed by atoms with E-state index < -0.39 is 23.8 Å². The maximum atomic E-state index is 12.3. The first-order valence-electron chi connectivity index (χ1n) is 8.94. The lowest BCUT2D eigenvalue weighted by Gasteiger charge is -2.16. The fourth-order valence-corrected chi connectivity index (χ4v) is 3.18. The molecule has 29 heavy (non-hydrogen) atoms. The third kappa shape index (κ3) is 5.14. The first kappa shape index (κ1) is 20.4. The highest BCUT2D eigenvalue weighted by Crippen LogP contribution is 2.19. The summed E-state index contributed by atoms with van der Waals surface area (Å²) in [5.41, 5.74) is 2.15. The number of aromatic nitrogens is 1. The Labute approximate surface area is 172 Å². The zero-order valence-corrected chi connectivity index (χ0v) is 16.5. The maximum Gasteiger partial charge on any atom is 0.328 e. The largest absolute Gasteiger partial charge is 0.467 e. The van der Waals surface area contributed by atoms with Crippen LogP contribution >= 0.6 is 11.6 Å². The van der Waals surface area contributed by atoms with Crippen LogP contribution in [0.25, 0.3) is 10.9 Å².